The Morgan fingerprint density at radius 3 is 1.60 bits per heavy atom. The molecule has 0 aliphatic carbocycles. The van der Waals surface area contributed by atoms with Crippen molar-refractivity contribution in [1.82, 2.24) is 0 Å². The largest absolute Gasteiger partial charge is 0.472 e. The van der Waals surface area contributed by atoms with Crippen molar-refractivity contribution in [2.24, 2.45) is 0 Å². The van der Waals surface area contributed by atoms with E-state index in [4.69, 9.17) is 19.1 Å². The number of hydrogen-bond donors (Lipinski definition) is 6. The van der Waals surface area contributed by atoms with Crippen molar-refractivity contribution in [3.05, 3.63) is 0 Å². The molecule has 6 N–H and O–H groups in total. The van der Waals surface area contributed by atoms with Gasteiger partial charge in [-0.3, -0.25) is 9.05 Å². The zero-order valence-corrected chi connectivity index (χ0v) is 25.8. The molecule has 0 heterocycles. The Kier molecular flexibility index (Phi) is 26.3. The Bertz CT molecular complexity index is 599. The van der Waals surface area contributed by atoms with Gasteiger partial charge in [-0.05, 0) is 6.42 Å². The third kappa shape index (κ3) is 21.5. The van der Waals surface area contributed by atoms with Crippen LogP contribution in [0.5, 0.6) is 0 Å². The van der Waals surface area contributed by atoms with Gasteiger partial charge in [0.25, 0.3) is 0 Å². The molecule has 0 saturated heterocycles. The quantitative estimate of drug-likeness (QED) is 0.0520. The van der Waals surface area contributed by atoms with Crippen LogP contribution >= 0.6 is 7.82 Å². The van der Waals surface area contributed by atoms with E-state index < -0.39 is 58.2 Å². The topological polar surface area (TPSA) is 175 Å². The second-order valence-electron chi connectivity index (χ2n) is 10.6. The van der Waals surface area contributed by atoms with Gasteiger partial charge in [-0.25, -0.2) is 4.57 Å². The zero-order valence-electron chi connectivity index (χ0n) is 24.9. The van der Waals surface area contributed by atoms with E-state index in [9.17, 15) is 29.9 Å². The molecule has 0 spiro atoms. The van der Waals surface area contributed by atoms with Crippen LogP contribution in [0.3, 0.4) is 0 Å². The maximum Gasteiger partial charge on any atom is 0.472 e. The Hall–Kier alpha value is -0.170. The summed E-state index contributed by atoms with van der Waals surface area (Å²) < 4.78 is 32.9. The summed E-state index contributed by atoms with van der Waals surface area (Å²) in [7, 11) is -3.54. The highest BCUT2D eigenvalue weighted by atomic mass is 31.2. The molecule has 0 aliphatic rings. The van der Waals surface area contributed by atoms with Crippen LogP contribution < -0.4 is 0 Å². The molecule has 0 fully saturated rings. The zero-order chi connectivity index (χ0) is 30.1. The molecule has 242 valence electrons. The molecule has 6 atom stereocenters. The van der Waals surface area contributed by atoms with Gasteiger partial charge in [0.15, 0.2) is 0 Å². The van der Waals surface area contributed by atoms with Gasteiger partial charge in [0.05, 0.1) is 26.4 Å². The average molecular weight is 603 g/mol. The SMILES string of the molecule is CCCCCCCCCCCCCCCCCCOC[C@@H](OC)[C@@H](OP(=O)(O)OC[C@H](O)CO)[C@H](O)[C@H](O)CO. The molecule has 0 amide bonds. The van der Waals surface area contributed by atoms with Gasteiger partial charge in [0, 0.05) is 13.7 Å². The van der Waals surface area contributed by atoms with E-state index in [1.165, 1.54) is 90.6 Å². The van der Waals surface area contributed by atoms with Crippen LogP contribution in [0, 0.1) is 0 Å². The summed E-state index contributed by atoms with van der Waals surface area (Å²) in [6.07, 6.45) is 12.7. The van der Waals surface area contributed by atoms with E-state index in [0.29, 0.717) is 6.61 Å². The highest BCUT2D eigenvalue weighted by Gasteiger charge is 2.40. The van der Waals surface area contributed by atoms with Crippen LogP contribution in [0.25, 0.3) is 0 Å². The minimum absolute atomic E-state index is 0.103. The highest BCUT2D eigenvalue weighted by Crippen LogP contribution is 2.46. The van der Waals surface area contributed by atoms with Gasteiger partial charge in [0.2, 0.25) is 0 Å². The second kappa shape index (κ2) is 26.5. The maximum absolute atomic E-state index is 12.3. The Labute approximate surface area is 241 Å². The van der Waals surface area contributed by atoms with Gasteiger partial charge < -0.3 is 39.9 Å². The fraction of sp³-hybridized carbons (Fsp3) is 1.00. The van der Waals surface area contributed by atoms with Gasteiger partial charge in [-0.1, -0.05) is 103 Å². The Morgan fingerprint density at radius 2 is 1.18 bits per heavy atom. The third-order valence-electron chi connectivity index (χ3n) is 6.91. The molecule has 40 heavy (non-hydrogen) atoms. The minimum Gasteiger partial charge on any atom is -0.394 e. The molecular weight excluding hydrogens is 543 g/mol. The molecule has 0 aromatic heterocycles. The van der Waals surface area contributed by atoms with Crippen molar-refractivity contribution in [1.29, 1.82) is 0 Å². The molecule has 12 heteroatoms. The van der Waals surface area contributed by atoms with E-state index in [2.05, 4.69) is 11.4 Å². The van der Waals surface area contributed by atoms with Crippen molar-refractivity contribution in [2.45, 2.75) is 140 Å². The van der Waals surface area contributed by atoms with Crippen LogP contribution in [0.4, 0.5) is 0 Å². The van der Waals surface area contributed by atoms with Crippen molar-refractivity contribution in [3.63, 3.8) is 0 Å². The number of rotatable bonds is 30. The van der Waals surface area contributed by atoms with Crippen molar-refractivity contribution >= 4 is 7.82 Å². The lowest BCUT2D eigenvalue weighted by Crippen LogP contribution is -2.49. The minimum atomic E-state index is -4.82. The average Bonchev–Trinajstić information content (AvgIpc) is 2.95. The summed E-state index contributed by atoms with van der Waals surface area (Å²) in [4.78, 5) is 9.97. The number of hydrogen-bond acceptors (Lipinski definition) is 10. The first-order chi connectivity index (χ1) is 19.2. The summed E-state index contributed by atoms with van der Waals surface area (Å²) in [6.45, 7) is 0.360. The first kappa shape index (κ1) is 39.8. The fourth-order valence-corrected chi connectivity index (χ4v) is 5.33. The first-order valence-corrected chi connectivity index (χ1v) is 16.7. The molecule has 0 aliphatic heterocycles. The van der Waals surface area contributed by atoms with E-state index in [1.54, 1.807) is 0 Å². The molecule has 0 bridgehead atoms. The Morgan fingerprint density at radius 1 is 0.700 bits per heavy atom. The summed E-state index contributed by atoms with van der Waals surface area (Å²) in [5, 5.41) is 47.6. The van der Waals surface area contributed by atoms with E-state index in [1.807, 2.05) is 0 Å². The smallest absolute Gasteiger partial charge is 0.394 e. The summed E-state index contributed by atoms with van der Waals surface area (Å²) in [5.74, 6) is 0. The van der Waals surface area contributed by atoms with Crippen LogP contribution in [0.15, 0.2) is 0 Å². The molecule has 0 aromatic carbocycles. The third-order valence-corrected chi connectivity index (χ3v) is 7.89. The molecule has 1 unspecified atom stereocenters. The molecule has 0 aromatic rings. The standard InChI is InChI=1S/C28H59O11P/c1-3-4-5-6-7-8-9-10-11-12-13-14-15-16-17-18-19-37-23-26(36-2)28(27(33)25(32)21-30)39-40(34,35)38-22-24(31)20-29/h24-33H,3-23H2,1-2H3,(H,34,35)/t24-,25-,26-,27-,28-/m1/s1. The highest BCUT2D eigenvalue weighted by molar-refractivity contribution is 7.47. The van der Waals surface area contributed by atoms with Gasteiger partial charge in [0.1, 0.15) is 30.5 Å². The van der Waals surface area contributed by atoms with Crippen molar-refractivity contribution in [2.75, 3.05) is 40.1 Å². The van der Waals surface area contributed by atoms with Crippen LogP contribution in [-0.4, -0.2) is 101 Å². The number of aliphatic hydroxyl groups excluding tert-OH is 5. The van der Waals surface area contributed by atoms with Crippen LogP contribution in [0.2, 0.25) is 0 Å². The number of phosphoric ester groups is 1. The van der Waals surface area contributed by atoms with Crippen molar-refractivity contribution in [3.8, 4) is 0 Å². The Balaban J connectivity index is 4.15. The molecule has 0 saturated carbocycles. The lowest BCUT2D eigenvalue weighted by Gasteiger charge is -2.32. The van der Waals surface area contributed by atoms with Crippen LogP contribution in [0.1, 0.15) is 110 Å². The molecular formula is C28H59O11P. The number of methoxy groups -OCH3 is 1. The van der Waals surface area contributed by atoms with E-state index in [0.717, 1.165) is 19.3 Å². The predicted octanol–water partition coefficient (Wildman–Crippen LogP) is 3.85. The summed E-state index contributed by atoms with van der Waals surface area (Å²) in [6, 6.07) is 0. The van der Waals surface area contributed by atoms with Crippen LogP contribution in [-0.2, 0) is 23.1 Å². The lowest BCUT2D eigenvalue weighted by atomic mass is 10.0. The maximum atomic E-state index is 12.3. The normalized spacial score (nSPS) is 17.3. The van der Waals surface area contributed by atoms with E-state index in [-0.39, 0.29) is 6.61 Å². The summed E-state index contributed by atoms with van der Waals surface area (Å²) >= 11 is 0. The number of phosphoric acid groups is 1. The van der Waals surface area contributed by atoms with Gasteiger partial charge in [-0.2, -0.15) is 0 Å². The number of ether oxygens (including phenoxy) is 2. The van der Waals surface area contributed by atoms with Gasteiger partial charge in [-0.15, -0.1) is 0 Å². The van der Waals surface area contributed by atoms with E-state index >= 15 is 0 Å². The first-order valence-electron chi connectivity index (χ1n) is 15.2. The molecule has 11 nitrogen and oxygen atoms in total. The van der Waals surface area contributed by atoms with Gasteiger partial charge >= 0.3 is 7.82 Å². The molecule has 0 rings (SSSR count). The predicted molar refractivity (Wildman–Crippen MR) is 154 cm³/mol. The monoisotopic (exact) mass is 602 g/mol. The molecule has 0 radical (unpaired) electrons. The van der Waals surface area contributed by atoms with Crippen molar-refractivity contribution < 1.29 is 53.5 Å². The fourth-order valence-electron chi connectivity index (χ4n) is 4.34. The second-order valence-corrected chi connectivity index (χ2v) is 12.0. The number of aliphatic hydroxyl groups is 5. The lowest BCUT2D eigenvalue weighted by molar-refractivity contribution is -0.136. The number of unbranched alkanes of at least 4 members (excludes halogenated alkanes) is 15. The summed E-state index contributed by atoms with van der Waals surface area (Å²) in [5.41, 5.74) is 0.